The van der Waals surface area contributed by atoms with E-state index >= 15 is 0 Å². The van der Waals surface area contributed by atoms with Gasteiger partial charge in [-0.3, -0.25) is 4.79 Å². The molecule has 1 aliphatic rings. The molecule has 1 aromatic carbocycles. The predicted molar refractivity (Wildman–Crippen MR) is 101 cm³/mol. The first-order chi connectivity index (χ1) is 11.9. The molecule has 0 aliphatic heterocycles. The molecular formula is C19H23Cl2N3O. The molecule has 2 aromatic rings. The van der Waals surface area contributed by atoms with Gasteiger partial charge in [-0.05, 0) is 36.5 Å². The second-order valence-corrected chi connectivity index (χ2v) is 7.94. The number of hydrogen-bond donors (Lipinski definition) is 0. The van der Waals surface area contributed by atoms with E-state index in [1.54, 1.807) is 12.3 Å². The number of benzene rings is 1. The second kappa shape index (κ2) is 7.79. The lowest BCUT2D eigenvalue weighted by Crippen LogP contribution is -2.35. The molecule has 1 amide bonds. The Hall–Kier alpha value is -1.52. The van der Waals surface area contributed by atoms with Crippen molar-refractivity contribution in [2.45, 2.75) is 39.8 Å². The highest BCUT2D eigenvalue weighted by Crippen LogP contribution is 2.31. The van der Waals surface area contributed by atoms with Crippen LogP contribution in [0.5, 0.6) is 0 Å². The highest BCUT2D eigenvalue weighted by Gasteiger charge is 2.34. The molecule has 0 bridgehead atoms. The molecule has 0 atom stereocenters. The van der Waals surface area contributed by atoms with Crippen molar-refractivity contribution in [3.63, 3.8) is 0 Å². The smallest absolute Gasteiger partial charge is 0.226 e. The van der Waals surface area contributed by atoms with E-state index in [0.717, 1.165) is 30.8 Å². The zero-order chi connectivity index (χ0) is 18.0. The zero-order valence-electron chi connectivity index (χ0n) is 14.6. The van der Waals surface area contributed by atoms with Crippen molar-refractivity contribution in [1.29, 1.82) is 0 Å². The molecule has 0 saturated heterocycles. The first kappa shape index (κ1) is 18.3. The third-order valence-corrected chi connectivity index (χ3v) is 4.90. The topological polar surface area (TPSA) is 38.1 Å². The predicted octanol–water partition coefficient (Wildman–Crippen LogP) is 4.63. The van der Waals surface area contributed by atoms with Crippen molar-refractivity contribution < 1.29 is 4.79 Å². The van der Waals surface area contributed by atoms with Gasteiger partial charge in [0.1, 0.15) is 5.82 Å². The maximum atomic E-state index is 12.6. The molecule has 1 fully saturated rings. The fourth-order valence-corrected chi connectivity index (χ4v) is 3.37. The quantitative estimate of drug-likeness (QED) is 0.702. The van der Waals surface area contributed by atoms with Gasteiger partial charge in [-0.25, -0.2) is 4.98 Å². The van der Waals surface area contributed by atoms with Gasteiger partial charge in [0.15, 0.2) is 0 Å². The summed E-state index contributed by atoms with van der Waals surface area (Å²) in [6.07, 6.45) is 5.73. The third kappa shape index (κ3) is 4.77. The number of carbonyl (C=O) groups excluding carboxylic acids is 1. The van der Waals surface area contributed by atoms with Crippen LogP contribution in [0.3, 0.4) is 0 Å². The summed E-state index contributed by atoms with van der Waals surface area (Å²) < 4.78 is 2.04. The monoisotopic (exact) mass is 379 g/mol. The van der Waals surface area contributed by atoms with E-state index in [2.05, 4.69) is 18.8 Å². The van der Waals surface area contributed by atoms with Crippen LogP contribution in [0.4, 0.5) is 0 Å². The fraction of sp³-hybridized carbons (Fsp3) is 0.474. The van der Waals surface area contributed by atoms with Crippen LogP contribution in [0.1, 0.15) is 38.1 Å². The summed E-state index contributed by atoms with van der Waals surface area (Å²) in [6, 6.07) is 5.51. The molecule has 134 valence electrons. The number of amides is 1. The largest absolute Gasteiger partial charge is 0.335 e. The van der Waals surface area contributed by atoms with Gasteiger partial charge in [0.25, 0.3) is 0 Å². The van der Waals surface area contributed by atoms with E-state index < -0.39 is 0 Å². The van der Waals surface area contributed by atoms with Gasteiger partial charge in [-0.2, -0.15) is 0 Å². The maximum Gasteiger partial charge on any atom is 0.226 e. The molecule has 1 aliphatic carbocycles. The van der Waals surface area contributed by atoms with Crippen LogP contribution < -0.4 is 0 Å². The van der Waals surface area contributed by atoms with Gasteiger partial charge >= 0.3 is 0 Å². The minimum atomic E-state index is 0.216. The Morgan fingerprint density at radius 1 is 1.36 bits per heavy atom. The highest BCUT2D eigenvalue weighted by atomic mass is 35.5. The summed E-state index contributed by atoms with van der Waals surface area (Å²) in [5.74, 6) is 1.78. The molecule has 0 N–H and O–H groups in total. The molecule has 1 saturated carbocycles. The number of halogens is 2. The number of imidazole rings is 1. The van der Waals surface area contributed by atoms with Crippen LogP contribution in [0.15, 0.2) is 30.6 Å². The van der Waals surface area contributed by atoms with Crippen molar-refractivity contribution in [2.75, 3.05) is 6.54 Å². The van der Waals surface area contributed by atoms with Gasteiger partial charge < -0.3 is 9.47 Å². The Balaban J connectivity index is 1.76. The van der Waals surface area contributed by atoms with Gasteiger partial charge in [-0.1, -0.05) is 43.1 Å². The fourth-order valence-electron chi connectivity index (χ4n) is 2.90. The summed E-state index contributed by atoms with van der Waals surface area (Å²) in [4.78, 5) is 19.0. The molecule has 1 aromatic heterocycles. The number of rotatable bonds is 7. The van der Waals surface area contributed by atoms with Crippen LogP contribution in [0.25, 0.3) is 0 Å². The van der Waals surface area contributed by atoms with Crippen LogP contribution in [-0.2, 0) is 17.9 Å². The van der Waals surface area contributed by atoms with Gasteiger partial charge in [0.2, 0.25) is 5.91 Å². The van der Waals surface area contributed by atoms with E-state index in [1.807, 2.05) is 27.8 Å². The van der Waals surface area contributed by atoms with Crippen LogP contribution in [-0.4, -0.2) is 26.9 Å². The normalized spacial score (nSPS) is 14.1. The summed E-state index contributed by atoms with van der Waals surface area (Å²) >= 11 is 12.3. The van der Waals surface area contributed by atoms with E-state index in [1.165, 1.54) is 0 Å². The Bertz CT molecular complexity index is 753. The van der Waals surface area contributed by atoms with E-state index in [4.69, 9.17) is 23.2 Å². The average Bonchev–Trinajstić information content (AvgIpc) is 3.30. The summed E-state index contributed by atoms with van der Waals surface area (Å²) in [5.41, 5.74) is 0.981. The average molecular weight is 380 g/mol. The van der Waals surface area contributed by atoms with Gasteiger partial charge in [0.05, 0.1) is 13.1 Å². The maximum absolute atomic E-state index is 12.6. The Kier molecular flexibility index (Phi) is 5.70. The minimum absolute atomic E-state index is 0.216. The van der Waals surface area contributed by atoms with Crippen molar-refractivity contribution in [2.24, 2.45) is 11.8 Å². The lowest BCUT2D eigenvalue weighted by atomic mass is 10.2. The highest BCUT2D eigenvalue weighted by molar-refractivity contribution is 6.35. The van der Waals surface area contributed by atoms with E-state index in [-0.39, 0.29) is 11.8 Å². The molecule has 4 nitrogen and oxygen atoms in total. The Morgan fingerprint density at radius 2 is 2.12 bits per heavy atom. The molecule has 0 unspecified atom stereocenters. The van der Waals surface area contributed by atoms with Crippen LogP contribution in [0, 0.1) is 11.8 Å². The van der Waals surface area contributed by atoms with Crippen molar-refractivity contribution >= 4 is 29.1 Å². The van der Waals surface area contributed by atoms with E-state index in [0.29, 0.717) is 29.1 Å². The Labute approximate surface area is 158 Å². The zero-order valence-corrected chi connectivity index (χ0v) is 16.1. The molecule has 6 heteroatoms. The molecule has 25 heavy (non-hydrogen) atoms. The molecule has 3 rings (SSSR count). The number of aromatic nitrogens is 2. The standard InChI is InChI=1S/C19H23Cl2N3O/c1-13(2)10-24(19(25)14-3-4-14)12-18-22-7-8-23(18)11-15-5-6-16(20)9-17(15)21/h5-9,13-14H,3-4,10-12H2,1-2H3. The summed E-state index contributed by atoms with van der Waals surface area (Å²) in [7, 11) is 0. The van der Waals surface area contributed by atoms with Crippen LogP contribution >= 0.6 is 23.2 Å². The van der Waals surface area contributed by atoms with Crippen molar-refractivity contribution in [3.8, 4) is 0 Å². The van der Waals surface area contributed by atoms with Gasteiger partial charge in [0, 0.05) is 34.9 Å². The lowest BCUT2D eigenvalue weighted by molar-refractivity contribution is -0.133. The number of hydrogen-bond acceptors (Lipinski definition) is 2. The van der Waals surface area contributed by atoms with Gasteiger partial charge in [-0.15, -0.1) is 0 Å². The molecule has 0 radical (unpaired) electrons. The summed E-state index contributed by atoms with van der Waals surface area (Å²) in [5, 5.41) is 1.26. The van der Waals surface area contributed by atoms with Crippen LogP contribution in [0.2, 0.25) is 10.0 Å². The minimum Gasteiger partial charge on any atom is -0.335 e. The molecule has 0 spiro atoms. The van der Waals surface area contributed by atoms with Crippen molar-refractivity contribution in [3.05, 3.63) is 52.0 Å². The second-order valence-electron chi connectivity index (χ2n) is 7.09. The van der Waals surface area contributed by atoms with E-state index in [9.17, 15) is 4.79 Å². The SMILES string of the molecule is CC(C)CN(Cc1nccn1Cc1ccc(Cl)cc1Cl)C(=O)C1CC1. The lowest BCUT2D eigenvalue weighted by Gasteiger charge is -2.25. The number of carbonyl (C=O) groups is 1. The first-order valence-corrected chi connectivity index (χ1v) is 9.42. The molecular weight excluding hydrogens is 357 g/mol. The van der Waals surface area contributed by atoms with Crippen molar-refractivity contribution in [1.82, 2.24) is 14.5 Å². The third-order valence-electron chi connectivity index (χ3n) is 4.31. The number of nitrogens with zero attached hydrogens (tertiary/aromatic N) is 3. The molecule has 1 heterocycles. The first-order valence-electron chi connectivity index (χ1n) is 8.66. The Morgan fingerprint density at radius 3 is 2.76 bits per heavy atom. The summed E-state index contributed by atoms with van der Waals surface area (Å²) in [6.45, 7) is 6.16.